The molecule has 4 saturated heterocycles. The van der Waals surface area contributed by atoms with Crippen LogP contribution in [0.5, 0.6) is 0 Å². The van der Waals surface area contributed by atoms with E-state index >= 15 is 0 Å². The maximum Gasteiger partial charge on any atom is 0.281 e. The van der Waals surface area contributed by atoms with E-state index in [4.69, 9.17) is 18.9 Å². The Kier molecular flexibility index (Phi) is 2.45. The van der Waals surface area contributed by atoms with Crippen molar-refractivity contribution in [3.8, 4) is 0 Å². The summed E-state index contributed by atoms with van der Waals surface area (Å²) >= 11 is 0. The molecule has 1 aliphatic carbocycles. The van der Waals surface area contributed by atoms with Gasteiger partial charge in [-0.3, -0.25) is 0 Å². The monoisotopic (exact) mass is 304 g/mol. The molecular formula is C13H20O8. The summed E-state index contributed by atoms with van der Waals surface area (Å²) in [5.41, 5.74) is -2.21. The summed E-state index contributed by atoms with van der Waals surface area (Å²) in [6, 6.07) is 0. The van der Waals surface area contributed by atoms with Gasteiger partial charge in [0, 0.05) is 13.3 Å². The molecule has 8 nitrogen and oxygen atoms in total. The highest BCUT2D eigenvalue weighted by Gasteiger charge is 2.79. The smallest absolute Gasteiger partial charge is 0.281 e. The average Bonchev–Trinajstić information content (AvgIpc) is 2.34. The fourth-order valence-electron chi connectivity index (χ4n) is 3.99. The van der Waals surface area contributed by atoms with E-state index in [0.717, 1.165) is 0 Å². The van der Waals surface area contributed by atoms with Crippen molar-refractivity contribution in [3.05, 3.63) is 0 Å². The van der Waals surface area contributed by atoms with Gasteiger partial charge in [0.15, 0.2) is 0 Å². The van der Waals surface area contributed by atoms with E-state index in [2.05, 4.69) is 0 Å². The predicted molar refractivity (Wildman–Crippen MR) is 64.7 cm³/mol. The molecule has 0 aromatic rings. The lowest BCUT2D eigenvalue weighted by Gasteiger charge is -2.70. The molecule has 120 valence electrons. The van der Waals surface area contributed by atoms with Gasteiger partial charge in [0.05, 0.1) is 11.7 Å². The van der Waals surface area contributed by atoms with Crippen molar-refractivity contribution in [1.29, 1.82) is 0 Å². The fraction of sp³-hybridized carbons (Fsp3) is 1.00. The number of ether oxygens (including phenoxy) is 4. The SMILES string of the molecule is CC12OC3C(O)C4(C[C@@H](O)C(C)(C)O[C@H]4C(O1)C3(O)O)O2. The van der Waals surface area contributed by atoms with Crippen LogP contribution in [0.25, 0.3) is 0 Å². The van der Waals surface area contributed by atoms with Crippen LogP contribution in [-0.2, 0) is 18.9 Å². The minimum absolute atomic E-state index is 0.0945. The summed E-state index contributed by atoms with van der Waals surface area (Å²) in [6.07, 6.45) is -5.48. The number of aliphatic hydroxyl groups is 4. The number of rotatable bonds is 0. The van der Waals surface area contributed by atoms with Crippen LogP contribution in [0.1, 0.15) is 27.2 Å². The van der Waals surface area contributed by atoms with Gasteiger partial charge in [-0.1, -0.05) is 0 Å². The third kappa shape index (κ3) is 1.52. The van der Waals surface area contributed by atoms with Gasteiger partial charge in [0.25, 0.3) is 5.97 Å². The van der Waals surface area contributed by atoms with Crippen molar-refractivity contribution in [2.75, 3.05) is 0 Å². The van der Waals surface area contributed by atoms with Crippen LogP contribution in [0.3, 0.4) is 0 Å². The summed E-state index contributed by atoms with van der Waals surface area (Å²) in [7, 11) is 0. The minimum atomic E-state index is -2.39. The van der Waals surface area contributed by atoms with Crippen LogP contribution in [0.4, 0.5) is 0 Å². The topological polar surface area (TPSA) is 118 Å². The van der Waals surface area contributed by atoms with Gasteiger partial charge in [0.2, 0.25) is 5.79 Å². The molecule has 4 N–H and O–H groups in total. The molecule has 5 unspecified atom stereocenters. The van der Waals surface area contributed by atoms with Crippen LogP contribution in [0.2, 0.25) is 0 Å². The Morgan fingerprint density at radius 3 is 2.19 bits per heavy atom. The highest BCUT2D eigenvalue weighted by molar-refractivity contribution is 5.21. The van der Waals surface area contributed by atoms with Crippen molar-refractivity contribution in [2.24, 2.45) is 0 Å². The summed E-state index contributed by atoms with van der Waals surface area (Å²) in [5.74, 6) is -3.89. The highest BCUT2D eigenvalue weighted by atomic mass is 16.9. The molecule has 0 amide bonds. The molecule has 8 heteroatoms. The van der Waals surface area contributed by atoms with E-state index in [1.54, 1.807) is 13.8 Å². The van der Waals surface area contributed by atoms with E-state index in [1.807, 2.05) is 0 Å². The second-order valence-electron chi connectivity index (χ2n) is 7.09. The Balaban J connectivity index is 1.84. The summed E-state index contributed by atoms with van der Waals surface area (Å²) in [6.45, 7) is 4.88. The predicted octanol–water partition coefficient (Wildman–Crippen LogP) is -1.80. The summed E-state index contributed by atoms with van der Waals surface area (Å²) in [4.78, 5) is 0. The molecule has 5 fully saturated rings. The first-order chi connectivity index (χ1) is 9.52. The van der Waals surface area contributed by atoms with Crippen LogP contribution in [-0.4, -0.2) is 73.9 Å². The average molecular weight is 304 g/mol. The second-order valence-corrected chi connectivity index (χ2v) is 7.09. The van der Waals surface area contributed by atoms with Crippen molar-refractivity contribution < 1.29 is 39.4 Å². The maximum absolute atomic E-state index is 10.5. The molecule has 5 aliphatic rings. The maximum atomic E-state index is 10.5. The molecule has 1 spiro atoms. The van der Waals surface area contributed by atoms with Crippen molar-refractivity contribution in [3.63, 3.8) is 0 Å². The van der Waals surface area contributed by atoms with E-state index in [-0.39, 0.29) is 6.42 Å². The fourth-order valence-corrected chi connectivity index (χ4v) is 3.99. The van der Waals surface area contributed by atoms with Gasteiger partial charge >= 0.3 is 0 Å². The number of hydrogen-bond donors (Lipinski definition) is 4. The molecule has 4 heterocycles. The van der Waals surface area contributed by atoms with Gasteiger partial charge < -0.3 is 39.4 Å². The van der Waals surface area contributed by atoms with Gasteiger partial charge in [0.1, 0.15) is 30.0 Å². The summed E-state index contributed by atoms with van der Waals surface area (Å²) in [5, 5.41) is 41.4. The van der Waals surface area contributed by atoms with Crippen molar-refractivity contribution in [2.45, 2.75) is 80.7 Å². The van der Waals surface area contributed by atoms with Crippen molar-refractivity contribution >= 4 is 0 Å². The van der Waals surface area contributed by atoms with Gasteiger partial charge in [-0.25, -0.2) is 0 Å². The Morgan fingerprint density at radius 1 is 0.905 bits per heavy atom. The van der Waals surface area contributed by atoms with Crippen molar-refractivity contribution in [1.82, 2.24) is 0 Å². The van der Waals surface area contributed by atoms with E-state index < -0.39 is 53.5 Å². The van der Waals surface area contributed by atoms with Gasteiger partial charge in [-0.15, -0.1) is 0 Å². The number of aliphatic hydroxyl groups excluding tert-OH is 2. The van der Waals surface area contributed by atoms with Gasteiger partial charge in [-0.2, -0.15) is 0 Å². The molecule has 1 saturated carbocycles. The first-order valence-electron chi connectivity index (χ1n) is 7.06. The van der Waals surface area contributed by atoms with Crippen LogP contribution in [0, 0.1) is 0 Å². The lowest BCUT2D eigenvalue weighted by atomic mass is 9.65. The zero-order valence-corrected chi connectivity index (χ0v) is 12.0. The molecule has 4 aliphatic heterocycles. The number of hydrogen-bond acceptors (Lipinski definition) is 8. The van der Waals surface area contributed by atoms with E-state index in [0.29, 0.717) is 0 Å². The minimum Gasteiger partial charge on any atom is -0.390 e. The molecule has 0 radical (unpaired) electrons. The lowest BCUT2D eigenvalue weighted by Crippen LogP contribution is -2.89. The van der Waals surface area contributed by atoms with Crippen LogP contribution < -0.4 is 0 Å². The molecule has 0 aromatic heterocycles. The quantitative estimate of drug-likeness (QED) is 0.387. The molecule has 7 atom stereocenters. The molecule has 4 bridgehead atoms. The normalized spacial score (nSPS) is 59.9. The first kappa shape index (κ1) is 14.3. The zero-order valence-electron chi connectivity index (χ0n) is 12.0. The largest absolute Gasteiger partial charge is 0.390 e. The lowest BCUT2D eigenvalue weighted by molar-refractivity contribution is -0.600. The molecule has 5 rings (SSSR count). The molecule has 21 heavy (non-hydrogen) atoms. The standard InChI is InChI=1S/C13H20O8/c1-10(2)5(14)4-12-6(15)7-13(16,17)9(8(12)18-10)20-11(3,19-7)21-12/h5-9,14-17H,4H2,1-3H3/t5-,6?,7?,8+,9?,11?,12?/m1/s1. The van der Waals surface area contributed by atoms with E-state index in [9.17, 15) is 20.4 Å². The Morgan fingerprint density at radius 2 is 1.52 bits per heavy atom. The Labute approximate surface area is 121 Å². The molecular weight excluding hydrogens is 284 g/mol. The van der Waals surface area contributed by atoms with E-state index in [1.165, 1.54) is 6.92 Å². The van der Waals surface area contributed by atoms with Crippen LogP contribution in [0.15, 0.2) is 0 Å². The second kappa shape index (κ2) is 3.60. The Hall–Kier alpha value is -0.320. The van der Waals surface area contributed by atoms with Gasteiger partial charge in [-0.05, 0) is 13.8 Å². The molecule has 0 aromatic carbocycles. The first-order valence-corrected chi connectivity index (χ1v) is 7.06. The van der Waals surface area contributed by atoms with Crippen LogP contribution >= 0.6 is 0 Å². The highest BCUT2D eigenvalue weighted by Crippen LogP contribution is 2.58. The summed E-state index contributed by atoms with van der Waals surface area (Å²) < 4.78 is 22.4. The Bertz CT molecular complexity index is 493. The third-order valence-electron chi connectivity index (χ3n) is 5.18. The third-order valence-corrected chi connectivity index (χ3v) is 5.18. The zero-order chi connectivity index (χ0) is 15.4.